The van der Waals surface area contributed by atoms with E-state index in [1.165, 1.54) is 23.1 Å². The van der Waals surface area contributed by atoms with E-state index in [-0.39, 0.29) is 17.8 Å². The van der Waals surface area contributed by atoms with E-state index in [9.17, 15) is 4.79 Å². The molecule has 0 fully saturated rings. The van der Waals surface area contributed by atoms with Crippen LogP contribution in [0, 0.1) is 0 Å². The van der Waals surface area contributed by atoms with Gasteiger partial charge in [-0.25, -0.2) is 0 Å². The third-order valence-electron chi connectivity index (χ3n) is 2.16. The summed E-state index contributed by atoms with van der Waals surface area (Å²) in [5.41, 5.74) is 0.675. The van der Waals surface area contributed by atoms with E-state index in [1.54, 1.807) is 24.3 Å². The van der Waals surface area contributed by atoms with Crippen LogP contribution in [0.1, 0.15) is 13.8 Å². The van der Waals surface area contributed by atoms with Gasteiger partial charge in [-0.2, -0.15) is 0 Å². The summed E-state index contributed by atoms with van der Waals surface area (Å²) in [6.07, 6.45) is 0.0573. The van der Waals surface area contributed by atoms with Gasteiger partial charge in [0.15, 0.2) is 4.34 Å². The van der Waals surface area contributed by atoms with Crippen molar-refractivity contribution in [3.8, 4) is 5.19 Å². The first-order valence-corrected chi connectivity index (χ1v) is 8.39. The lowest BCUT2D eigenvalue weighted by atomic mass is 10.3. The fourth-order valence-electron chi connectivity index (χ4n) is 1.40. The molecule has 5 nitrogen and oxygen atoms in total. The number of rotatable bonds is 6. The normalized spacial score (nSPS) is 10.7. The van der Waals surface area contributed by atoms with Gasteiger partial charge in [0.2, 0.25) is 5.91 Å². The van der Waals surface area contributed by atoms with E-state index in [2.05, 4.69) is 15.5 Å². The van der Waals surface area contributed by atoms with Crippen LogP contribution in [0.5, 0.6) is 5.19 Å². The number of halogens is 1. The summed E-state index contributed by atoms with van der Waals surface area (Å²) in [6.45, 7) is 3.85. The summed E-state index contributed by atoms with van der Waals surface area (Å²) in [7, 11) is 0. The molecule has 1 heterocycles. The van der Waals surface area contributed by atoms with Crippen LogP contribution < -0.4 is 10.1 Å². The molecular formula is C13H14ClN3O2S2. The highest BCUT2D eigenvalue weighted by Gasteiger charge is 2.10. The van der Waals surface area contributed by atoms with Crippen molar-refractivity contribution in [2.24, 2.45) is 0 Å². The van der Waals surface area contributed by atoms with Crippen molar-refractivity contribution >= 4 is 46.3 Å². The van der Waals surface area contributed by atoms with Gasteiger partial charge in [-0.05, 0) is 43.4 Å². The van der Waals surface area contributed by atoms with Gasteiger partial charge in [0.25, 0.3) is 5.19 Å². The first-order valence-electron chi connectivity index (χ1n) is 6.21. The second kappa shape index (κ2) is 7.63. The number of carbonyl (C=O) groups excluding carboxylic acids is 1. The zero-order chi connectivity index (χ0) is 15.2. The van der Waals surface area contributed by atoms with Gasteiger partial charge in [0, 0.05) is 10.7 Å². The highest BCUT2D eigenvalue weighted by atomic mass is 35.5. The third kappa shape index (κ3) is 5.53. The van der Waals surface area contributed by atoms with Crippen LogP contribution in [0.25, 0.3) is 0 Å². The predicted molar refractivity (Wildman–Crippen MR) is 86.5 cm³/mol. The van der Waals surface area contributed by atoms with Crippen molar-refractivity contribution in [3.63, 3.8) is 0 Å². The number of amides is 1. The van der Waals surface area contributed by atoms with E-state index in [4.69, 9.17) is 16.3 Å². The Balaban J connectivity index is 1.82. The van der Waals surface area contributed by atoms with Crippen LogP contribution in [0.2, 0.25) is 5.02 Å². The molecule has 0 atom stereocenters. The number of hydrogen-bond donors (Lipinski definition) is 1. The standard InChI is InChI=1S/C13H14ClN3O2S2/c1-8(2)19-12-16-17-13(21-12)20-7-11(18)15-10-5-3-4-9(14)6-10/h3-6,8H,7H2,1-2H3,(H,15,18). The van der Waals surface area contributed by atoms with E-state index in [0.29, 0.717) is 20.2 Å². The molecule has 0 spiro atoms. The van der Waals surface area contributed by atoms with Crippen molar-refractivity contribution in [1.82, 2.24) is 10.2 Å². The molecule has 1 N–H and O–H groups in total. The van der Waals surface area contributed by atoms with Gasteiger partial charge in [-0.1, -0.05) is 34.5 Å². The minimum Gasteiger partial charge on any atom is -0.466 e. The second-order valence-corrected chi connectivity index (χ2v) is 6.95. The summed E-state index contributed by atoms with van der Waals surface area (Å²) in [4.78, 5) is 11.8. The van der Waals surface area contributed by atoms with E-state index in [1.807, 2.05) is 13.8 Å². The van der Waals surface area contributed by atoms with Gasteiger partial charge in [-0.3, -0.25) is 4.79 Å². The number of benzene rings is 1. The lowest BCUT2D eigenvalue weighted by Crippen LogP contribution is -2.13. The molecule has 1 amide bonds. The Morgan fingerprint density at radius 2 is 2.29 bits per heavy atom. The zero-order valence-electron chi connectivity index (χ0n) is 11.5. The lowest BCUT2D eigenvalue weighted by molar-refractivity contribution is -0.113. The molecule has 0 unspecified atom stereocenters. The Morgan fingerprint density at radius 3 is 3.00 bits per heavy atom. The van der Waals surface area contributed by atoms with Crippen LogP contribution in [0.15, 0.2) is 28.6 Å². The quantitative estimate of drug-likeness (QED) is 0.810. The molecule has 112 valence electrons. The van der Waals surface area contributed by atoms with E-state index in [0.717, 1.165) is 0 Å². The number of aromatic nitrogens is 2. The monoisotopic (exact) mass is 343 g/mol. The van der Waals surface area contributed by atoms with Crippen molar-refractivity contribution in [1.29, 1.82) is 0 Å². The number of carbonyl (C=O) groups is 1. The Bertz CT molecular complexity index is 619. The van der Waals surface area contributed by atoms with E-state index >= 15 is 0 Å². The van der Waals surface area contributed by atoms with Gasteiger partial charge in [0.05, 0.1) is 11.9 Å². The number of nitrogens with zero attached hydrogens (tertiary/aromatic N) is 2. The highest BCUT2D eigenvalue weighted by Crippen LogP contribution is 2.27. The molecule has 1 aromatic heterocycles. The molecule has 0 bridgehead atoms. The Hall–Kier alpha value is -1.31. The molecule has 0 aliphatic carbocycles. The average molecular weight is 344 g/mol. The average Bonchev–Trinajstić information content (AvgIpc) is 2.83. The van der Waals surface area contributed by atoms with Crippen LogP contribution in [-0.4, -0.2) is 28.0 Å². The van der Waals surface area contributed by atoms with Gasteiger partial charge in [-0.15, -0.1) is 5.10 Å². The number of hydrogen-bond acceptors (Lipinski definition) is 6. The minimum absolute atomic E-state index is 0.0573. The van der Waals surface area contributed by atoms with Crippen molar-refractivity contribution in [3.05, 3.63) is 29.3 Å². The Labute approximate surface area is 136 Å². The topological polar surface area (TPSA) is 64.1 Å². The molecule has 2 aromatic rings. The van der Waals surface area contributed by atoms with Gasteiger partial charge >= 0.3 is 0 Å². The van der Waals surface area contributed by atoms with Crippen molar-refractivity contribution in [2.45, 2.75) is 24.3 Å². The van der Waals surface area contributed by atoms with Crippen molar-refractivity contribution < 1.29 is 9.53 Å². The third-order valence-corrected chi connectivity index (χ3v) is 4.34. The number of nitrogens with one attached hydrogen (secondary N) is 1. The molecule has 0 aliphatic rings. The van der Waals surface area contributed by atoms with Gasteiger partial charge in [0.1, 0.15) is 0 Å². The van der Waals surface area contributed by atoms with E-state index < -0.39 is 0 Å². The lowest BCUT2D eigenvalue weighted by Gasteiger charge is -2.04. The number of thioether (sulfide) groups is 1. The molecule has 0 aliphatic heterocycles. The smallest absolute Gasteiger partial charge is 0.295 e. The zero-order valence-corrected chi connectivity index (χ0v) is 13.9. The largest absolute Gasteiger partial charge is 0.466 e. The van der Waals surface area contributed by atoms with Crippen LogP contribution in [-0.2, 0) is 4.79 Å². The summed E-state index contributed by atoms with van der Waals surface area (Å²) < 4.78 is 6.13. The molecule has 21 heavy (non-hydrogen) atoms. The molecule has 0 saturated carbocycles. The highest BCUT2D eigenvalue weighted by molar-refractivity contribution is 8.01. The molecule has 0 saturated heterocycles. The maximum absolute atomic E-state index is 11.8. The Morgan fingerprint density at radius 1 is 1.48 bits per heavy atom. The predicted octanol–water partition coefficient (Wildman–Crippen LogP) is 3.71. The first-order chi connectivity index (χ1) is 10.0. The van der Waals surface area contributed by atoms with Gasteiger partial charge < -0.3 is 10.1 Å². The summed E-state index contributed by atoms with van der Waals surface area (Å²) in [6, 6.07) is 7.02. The molecule has 8 heteroatoms. The van der Waals surface area contributed by atoms with Crippen LogP contribution >= 0.6 is 34.7 Å². The van der Waals surface area contributed by atoms with Crippen molar-refractivity contribution in [2.75, 3.05) is 11.1 Å². The second-order valence-electron chi connectivity index (χ2n) is 4.35. The number of anilines is 1. The molecule has 2 rings (SSSR count). The maximum atomic E-state index is 11.8. The molecular weight excluding hydrogens is 330 g/mol. The first kappa shape index (κ1) is 16.1. The Kier molecular flexibility index (Phi) is 5.84. The summed E-state index contributed by atoms with van der Waals surface area (Å²) in [5, 5.41) is 11.7. The van der Waals surface area contributed by atoms with Crippen LogP contribution in [0.4, 0.5) is 5.69 Å². The minimum atomic E-state index is -0.121. The summed E-state index contributed by atoms with van der Waals surface area (Å²) >= 11 is 8.51. The fourth-order valence-corrected chi connectivity index (χ4v) is 3.19. The SMILES string of the molecule is CC(C)Oc1nnc(SCC(=O)Nc2cccc(Cl)c2)s1. The van der Waals surface area contributed by atoms with Crippen LogP contribution in [0.3, 0.4) is 0 Å². The molecule has 0 radical (unpaired) electrons. The summed E-state index contributed by atoms with van der Waals surface area (Å²) in [5.74, 6) is 0.131. The number of ether oxygens (including phenoxy) is 1. The maximum Gasteiger partial charge on any atom is 0.295 e. The molecule has 1 aromatic carbocycles. The fraction of sp³-hybridized carbons (Fsp3) is 0.308.